The van der Waals surface area contributed by atoms with Gasteiger partial charge >= 0.3 is 0 Å². The normalized spacial score (nSPS) is 15.7. The third-order valence-electron chi connectivity index (χ3n) is 1.87. The van der Waals surface area contributed by atoms with E-state index in [0.29, 0.717) is 16.4 Å². The van der Waals surface area contributed by atoms with Crippen molar-refractivity contribution in [1.82, 2.24) is 10.2 Å². The van der Waals surface area contributed by atoms with Crippen LogP contribution < -0.4 is 5.73 Å². The van der Waals surface area contributed by atoms with Gasteiger partial charge in [0, 0.05) is 18.2 Å². The van der Waals surface area contributed by atoms with Gasteiger partial charge in [-0.25, -0.2) is 0 Å². The highest BCUT2D eigenvalue weighted by Gasteiger charge is 2.15. The van der Waals surface area contributed by atoms with E-state index in [1.165, 1.54) is 11.8 Å². The number of rotatable bonds is 4. The molecule has 0 radical (unpaired) electrons. The Bertz CT molecular complexity index is 264. The Hall–Kier alpha value is -0.550. The molecule has 4 nitrogen and oxygen atoms in total. The van der Waals surface area contributed by atoms with Gasteiger partial charge in [-0.05, 0) is 6.42 Å². The van der Waals surface area contributed by atoms with Crippen molar-refractivity contribution in [2.75, 3.05) is 0 Å². The van der Waals surface area contributed by atoms with E-state index in [1.807, 2.05) is 0 Å². The van der Waals surface area contributed by atoms with E-state index < -0.39 is 0 Å². The summed E-state index contributed by atoms with van der Waals surface area (Å²) in [5.41, 5.74) is 5.86. The lowest BCUT2D eigenvalue weighted by Gasteiger charge is -2.14. The van der Waals surface area contributed by atoms with Crippen molar-refractivity contribution in [3.8, 4) is 0 Å². The molecule has 0 aliphatic rings. The first kappa shape index (κ1) is 10.5. The average molecular weight is 201 g/mol. The van der Waals surface area contributed by atoms with Crippen LogP contribution in [0.5, 0.6) is 0 Å². The minimum absolute atomic E-state index is 0.178. The standard InChI is InChI=1S/C8H15N3OS/c1-4-7(9)5(2)13-8-11-10-6(3)12-8/h5,7H,4,9H2,1-3H3. The number of nitrogens with two attached hydrogens (primary N) is 1. The van der Waals surface area contributed by atoms with Gasteiger partial charge in [0.15, 0.2) is 0 Å². The lowest BCUT2D eigenvalue weighted by molar-refractivity contribution is 0.427. The minimum Gasteiger partial charge on any atom is -0.416 e. The van der Waals surface area contributed by atoms with Crippen LogP contribution in [0, 0.1) is 6.92 Å². The lowest BCUT2D eigenvalue weighted by atomic mass is 10.2. The Kier molecular flexibility index (Phi) is 3.74. The van der Waals surface area contributed by atoms with Crippen LogP contribution in [-0.4, -0.2) is 21.5 Å². The number of thioether (sulfide) groups is 1. The molecule has 2 unspecified atom stereocenters. The summed E-state index contributed by atoms with van der Waals surface area (Å²) in [6, 6.07) is 0.178. The van der Waals surface area contributed by atoms with Crippen LogP contribution in [0.2, 0.25) is 0 Å². The van der Waals surface area contributed by atoms with Crippen molar-refractivity contribution in [3.63, 3.8) is 0 Å². The second kappa shape index (κ2) is 4.62. The molecule has 13 heavy (non-hydrogen) atoms. The molecule has 0 aliphatic carbocycles. The zero-order valence-electron chi connectivity index (χ0n) is 8.15. The maximum absolute atomic E-state index is 5.86. The van der Waals surface area contributed by atoms with E-state index in [9.17, 15) is 0 Å². The fourth-order valence-corrected chi connectivity index (χ4v) is 1.85. The first-order valence-electron chi connectivity index (χ1n) is 4.35. The quantitative estimate of drug-likeness (QED) is 0.749. The second-order valence-corrected chi connectivity index (χ2v) is 4.31. The summed E-state index contributed by atoms with van der Waals surface area (Å²) in [4.78, 5) is 0. The Balaban J connectivity index is 2.49. The van der Waals surface area contributed by atoms with Crippen LogP contribution in [0.3, 0.4) is 0 Å². The molecule has 0 bridgehead atoms. The van der Waals surface area contributed by atoms with Gasteiger partial charge in [0.1, 0.15) is 0 Å². The summed E-state index contributed by atoms with van der Waals surface area (Å²) in [5, 5.41) is 8.56. The SMILES string of the molecule is CCC(N)C(C)Sc1nnc(C)o1. The summed E-state index contributed by atoms with van der Waals surface area (Å²) < 4.78 is 5.23. The molecule has 2 N–H and O–H groups in total. The molecule has 0 saturated heterocycles. The van der Waals surface area contributed by atoms with E-state index in [1.54, 1.807) is 6.92 Å². The van der Waals surface area contributed by atoms with Crippen molar-refractivity contribution >= 4 is 11.8 Å². The molecule has 5 heteroatoms. The van der Waals surface area contributed by atoms with Gasteiger partial charge in [-0.15, -0.1) is 10.2 Å². The molecule has 0 fully saturated rings. The third-order valence-corrected chi connectivity index (χ3v) is 2.96. The number of hydrogen-bond acceptors (Lipinski definition) is 5. The van der Waals surface area contributed by atoms with Crippen LogP contribution in [0.1, 0.15) is 26.2 Å². The molecule has 0 aromatic carbocycles. The summed E-state index contributed by atoms with van der Waals surface area (Å²) in [6.07, 6.45) is 0.960. The van der Waals surface area contributed by atoms with Crippen molar-refractivity contribution in [1.29, 1.82) is 0 Å². The van der Waals surface area contributed by atoms with Gasteiger partial charge in [-0.1, -0.05) is 25.6 Å². The zero-order valence-corrected chi connectivity index (χ0v) is 8.97. The van der Waals surface area contributed by atoms with E-state index in [2.05, 4.69) is 24.0 Å². The van der Waals surface area contributed by atoms with Crippen molar-refractivity contribution in [2.45, 2.75) is 43.7 Å². The summed E-state index contributed by atoms with van der Waals surface area (Å²) in [5.74, 6) is 0.597. The predicted molar refractivity (Wildman–Crippen MR) is 52.6 cm³/mol. The highest BCUT2D eigenvalue weighted by Crippen LogP contribution is 2.23. The molecular formula is C8H15N3OS. The number of aryl methyl sites for hydroxylation is 1. The number of nitrogens with zero attached hydrogens (tertiary/aromatic N) is 2. The van der Waals surface area contributed by atoms with Gasteiger partial charge in [0.2, 0.25) is 5.89 Å². The second-order valence-electron chi connectivity index (χ2n) is 2.98. The first-order chi connectivity index (χ1) is 6.13. The molecular weight excluding hydrogens is 186 g/mol. The summed E-state index contributed by atoms with van der Waals surface area (Å²) in [7, 11) is 0. The highest BCUT2D eigenvalue weighted by atomic mass is 32.2. The fraction of sp³-hybridized carbons (Fsp3) is 0.750. The Morgan fingerprint density at radius 2 is 2.23 bits per heavy atom. The van der Waals surface area contributed by atoms with Crippen molar-refractivity contribution in [2.24, 2.45) is 5.73 Å². The van der Waals surface area contributed by atoms with E-state index in [4.69, 9.17) is 10.2 Å². The van der Waals surface area contributed by atoms with Crippen LogP contribution in [-0.2, 0) is 0 Å². The maximum Gasteiger partial charge on any atom is 0.276 e. The molecule has 1 rings (SSSR count). The van der Waals surface area contributed by atoms with Crippen molar-refractivity contribution < 1.29 is 4.42 Å². The molecule has 0 spiro atoms. The smallest absolute Gasteiger partial charge is 0.276 e. The molecule has 2 atom stereocenters. The molecule has 74 valence electrons. The van der Waals surface area contributed by atoms with E-state index >= 15 is 0 Å². The molecule has 0 aliphatic heterocycles. The van der Waals surface area contributed by atoms with Crippen LogP contribution in [0.4, 0.5) is 0 Å². The van der Waals surface area contributed by atoms with Crippen LogP contribution in [0.25, 0.3) is 0 Å². The summed E-state index contributed by atoms with van der Waals surface area (Å²) >= 11 is 1.53. The average Bonchev–Trinajstić information content (AvgIpc) is 2.49. The van der Waals surface area contributed by atoms with E-state index in [-0.39, 0.29) is 6.04 Å². The molecule has 0 saturated carbocycles. The van der Waals surface area contributed by atoms with Crippen LogP contribution >= 0.6 is 11.8 Å². The minimum atomic E-state index is 0.178. The largest absolute Gasteiger partial charge is 0.416 e. The Labute approximate surface area is 82.3 Å². The summed E-state index contributed by atoms with van der Waals surface area (Å²) in [6.45, 7) is 5.92. The maximum atomic E-state index is 5.86. The van der Waals surface area contributed by atoms with Crippen LogP contribution in [0.15, 0.2) is 9.64 Å². The number of hydrogen-bond donors (Lipinski definition) is 1. The monoisotopic (exact) mass is 201 g/mol. The number of aromatic nitrogens is 2. The van der Waals surface area contributed by atoms with Gasteiger partial charge in [0.25, 0.3) is 5.22 Å². The Morgan fingerprint density at radius 1 is 1.54 bits per heavy atom. The van der Waals surface area contributed by atoms with Gasteiger partial charge in [0.05, 0.1) is 0 Å². The third kappa shape index (κ3) is 3.00. The molecule has 1 aromatic rings. The van der Waals surface area contributed by atoms with Gasteiger partial charge in [-0.3, -0.25) is 0 Å². The fourth-order valence-electron chi connectivity index (χ4n) is 0.904. The van der Waals surface area contributed by atoms with Gasteiger partial charge in [-0.2, -0.15) is 0 Å². The topological polar surface area (TPSA) is 64.9 Å². The highest BCUT2D eigenvalue weighted by molar-refractivity contribution is 7.99. The van der Waals surface area contributed by atoms with E-state index in [0.717, 1.165) is 6.42 Å². The lowest BCUT2D eigenvalue weighted by Crippen LogP contribution is -2.29. The molecule has 1 heterocycles. The predicted octanol–water partition coefficient (Wildman–Crippen LogP) is 1.60. The molecule has 0 amide bonds. The Morgan fingerprint density at radius 3 is 2.69 bits per heavy atom. The molecule has 1 aromatic heterocycles. The van der Waals surface area contributed by atoms with Gasteiger partial charge < -0.3 is 10.2 Å². The zero-order chi connectivity index (χ0) is 9.84. The van der Waals surface area contributed by atoms with Crippen molar-refractivity contribution in [3.05, 3.63) is 5.89 Å². The first-order valence-corrected chi connectivity index (χ1v) is 5.23.